The highest BCUT2D eigenvalue weighted by atomic mass is 16.3. The molecule has 0 spiro atoms. The summed E-state index contributed by atoms with van der Waals surface area (Å²) >= 11 is 0. The van der Waals surface area contributed by atoms with Gasteiger partial charge in [0.2, 0.25) is 0 Å². The number of hydrogen-bond acceptors (Lipinski definition) is 8. The second-order valence-corrected chi connectivity index (χ2v) is 8.82. The predicted molar refractivity (Wildman–Crippen MR) is 130 cm³/mol. The van der Waals surface area contributed by atoms with Gasteiger partial charge < -0.3 is 15.3 Å². The number of aliphatic hydroxyl groups excluding tert-OH is 1. The van der Waals surface area contributed by atoms with Crippen LogP contribution in [0.25, 0.3) is 16.9 Å². The summed E-state index contributed by atoms with van der Waals surface area (Å²) in [5, 5.41) is 31.3. The van der Waals surface area contributed by atoms with E-state index in [1.54, 1.807) is 13.3 Å². The van der Waals surface area contributed by atoms with Crippen LogP contribution in [0.15, 0.2) is 48.8 Å². The van der Waals surface area contributed by atoms with Crippen LogP contribution in [-0.2, 0) is 0 Å². The van der Waals surface area contributed by atoms with Crippen molar-refractivity contribution in [3.8, 4) is 11.9 Å². The Bertz CT molecular complexity index is 1370. The van der Waals surface area contributed by atoms with Crippen LogP contribution in [0.3, 0.4) is 0 Å². The van der Waals surface area contributed by atoms with Crippen molar-refractivity contribution in [3.05, 3.63) is 60.0 Å². The number of anilines is 3. The van der Waals surface area contributed by atoms with E-state index >= 15 is 0 Å². The lowest BCUT2D eigenvalue weighted by molar-refractivity contribution is 0.199. The van der Waals surface area contributed by atoms with Crippen LogP contribution < -0.4 is 10.2 Å². The minimum atomic E-state index is -0.664. The number of aliphatic hydroxyl groups is 1. The van der Waals surface area contributed by atoms with E-state index in [9.17, 15) is 10.4 Å². The number of imidazole rings is 1. The summed E-state index contributed by atoms with van der Waals surface area (Å²) < 4.78 is 1.93. The number of benzene rings is 1. The SMILES string of the molecule is Cc1ccc(Nc2ccc3c(c2)ncn3-c2ccc(C(C)O)c(N3C[C@H](C#N)C[C@@H]3C)n2)nn1. The van der Waals surface area contributed by atoms with Gasteiger partial charge in [0.25, 0.3) is 0 Å². The third-order valence-electron chi connectivity index (χ3n) is 6.23. The van der Waals surface area contributed by atoms with Gasteiger partial charge in [-0.05, 0) is 69.7 Å². The third-order valence-corrected chi connectivity index (χ3v) is 6.23. The molecule has 0 aliphatic carbocycles. The van der Waals surface area contributed by atoms with Crippen LogP contribution >= 0.6 is 0 Å². The Balaban J connectivity index is 1.49. The number of hydrogen-bond donors (Lipinski definition) is 2. The quantitative estimate of drug-likeness (QED) is 0.464. The standard InChI is InChI=1S/C25H26N8O/c1-15-4-8-23(31-30-15)28-19-5-7-22-21(11-19)27-14-33(22)24-9-6-20(17(3)34)25(29-24)32-13-18(12-26)10-16(32)2/h4-9,11,14,16-18,34H,10,13H2,1-3H3,(H,28,31)/t16-,17?,18-/m0/s1. The maximum atomic E-state index is 10.4. The fourth-order valence-electron chi connectivity index (χ4n) is 4.45. The van der Waals surface area contributed by atoms with Gasteiger partial charge >= 0.3 is 0 Å². The molecular formula is C25H26N8O. The molecule has 9 nitrogen and oxygen atoms in total. The van der Waals surface area contributed by atoms with Crippen molar-refractivity contribution in [1.82, 2.24) is 24.7 Å². The normalized spacial score (nSPS) is 18.7. The molecule has 3 atom stereocenters. The summed E-state index contributed by atoms with van der Waals surface area (Å²) in [6, 6.07) is 16.0. The summed E-state index contributed by atoms with van der Waals surface area (Å²) in [5.74, 6) is 2.05. The van der Waals surface area contributed by atoms with Crippen molar-refractivity contribution in [3.63, 3.8) is 0 Å². The molecule has 0 radical (unpaired) electrons. The Morgan fingerprint density at radius 3 is 2.74 bits per heavy atom. The molecule has 4 heterocycles. The van der Waals surface area contributed by atoms with Crippen LogP contribution in [0, 0.1) is 24.2 Å². The topological polar surface area (TPSA) is 116 Å². The second-order valence-electron chi connectivity index (χ2n) is 8.82. The molecule has 2 N–H and O–H groups in total. The van der Waals surface area contributed by atoms with E-state index in [0.717, 1.165) is 40.2 Å². The fourth-order valence-corrected chi connectivity index (χ4v) is 4.45. The first kappa shape index (κ1) is 21.8. The van der Waals surface area contributed by atoms with Gasteiger partial charge in [-0.3, -0.25) is 4.57 Å². The fraction of sp³-hybridized carbons (Fsp3) is 0.320. The Morgan fingerprint density at radius 2 is 2.03 bits per heavy atom. The molecular weight excluding hydrogens is 428 g/mol. The monoisotopic (exact) mass is 454 g/mol. The van der Waals surface area contributed by atoms with E-state index in [0.29, 0.717) is 18.2 Å². The summed E-state index contributed by atoms with van der Waals surface area (Å²) in [7, 11) is 0. The molecule has 9 heteroatoms. The molecule has 1 unspecified atom stereocenters. The van der Waals surface area contributed by atoms with Gasteiger partial charge in [-0.15, -0.1) is 5.10 Å². The molecule has 4 aromatic rings. The average molecular weight is 455 g/mol. The first-order valence-electron chi connectivity index (χ1n) is 11.3. The number of fused-ring (bicyclic) bond motifs is 1. The van der Waals surface area contributed by atoms with E-state index < -0.39 is 6.10 Å². The molecule has 1 aliphatic heterocycles. The number of pyridine rings is 1. The van der Waals surface area contributed by atoms with Crippen molar-refractivity contribution >= 4 is 28.4 Å². The van der Waals surface area contributed by atoms with Crippen molar-refractivity contribution in [1.29, 1.82) is 5.26 Å². The molecule has 1 aromatic carbocycles. The van der Waals surface area contributed by atoms with Gasteiger partial charge in [-0.2, -0.15) is 10.4 Å². The predicted octanol–water partition coefficient (Wildman–Crippen LogP) is 4.05. The van der Waals surface area contributed by atoms with E-state index in [1.165, 1.54) is 0 Å². The number of nitriles is 1. The second kappa shape index (κ2) is 8.72. The van der Waals surface area contributed by atoms with Crippen molar-refractivity contribution in [2.75, 3.05) is 16.8 Å². The molecule has 1 aliphatic rings. The van der Waals surface area contributed by atoms with E-state index in [1.807, 2.05) is 54.0 Å². The van der Waals surface area contributed by atoms with E-state index in [2.05, 4.69) is 38.4 Å². The summed E-state index contributed by atoms with van der Waals surface area (Å²) in [5.41, 5.74) is 4.20. The highest BCUT2D eigenvalue weighted by Crippen LogP contribution is 2.34. The highest BCUT2D eigenvalue weighted by molar-refractivity contribution is 5.82. The van der Waals surface area contributed by atoms with Gasteiger partial charge in [0, 0.05) is 23.8 Å². The van der Waals surface area contributed by atoms with Crippen LogP contribution in [0.5, 0.6) is 0 Å². The molecule has 0 saturated carbocycles. The minimum Gasteiger partial charge on any atom is -0.389 e. The zero-order valence-electron chi connectivity index (χ0n) is 19.3. The van der Waals surface area contributed by atoms with Gasteiger partial charge in [0.1, 0.15) is 18.0 Å². The lowest BCUT2D eigenvalue weighted by atomic mass is 10.1. The van der Waals surface area contributed by atoms with E-state index in [-0.39, 0.29) is 12.0 Å². The molecule has 0 amide bonds. The summed E-state index contributed by atoms with van der Waals surface area (Å²) in [4.78, 5) is 11.6. The third kappa shape index (κ3) is 4.04. The molecule has 1 fully saturated rings. The Hall–Kier alpha value is -4.03. The number of nitrogens with one attached hydrogen (secondary N) is 1. The van der Waals surface area contributed by atoms with Crippen LogP contribution in [0.2, 0.25) is 0 Å². The smallest absolute Gasteiger partial charge is 0.153 e. The first-order chi connectivity index (χ1) is 16.4. The molecule has 172 valence electrons. The van der Waals surface area contributed by atoms with Crippen molar-refractivity contribution in [2.24, 2.45) is 5.92 Å². The van der Waals surface area contributed by atoms with Gasteiger partial charge in [-0.25, -0.2) is 9.97 Å². The molecule has 3 aromatic heterocycles. The Kier molecular flexibility index (Phi) is 5.59. The number of nitrogens with zero attached hydrogens (tertiary/aromatic N) is 7. The lowest BCUT2D eigenvalue weighted by Crippen LogP contribution is -2.29. The number of aromatic nitrogens is 5. The van der Waals surface area contributed by atoms with Crippen molar-refractivity contribution < 1.29 is 5.11 Å². The maximum absolute atomic E-state index is 10.4. The van der Waals surface area contributed by atoms with Gasteiger partial charge in [0.15, 0.2) is 5.82 Å². The molecule has 34 heavy (non-hydrogen) atoms. The van der Waals surface area contributed by atoms with Crippen LogP contribution in [0.4, 0.5) is 17.3 Å². The molecule has 0 bridgehead atoms. The van der Waals surface area contributed by atoms with Crippen LogP contribution in [0.1, 0.15) is 37.6 Å². The first-order valence-corrected chi connectivity index (χ1v) is 11.3. The number of aryl methyl sites for hydroxylation is 1. The lowest BCUT2D eigenvalue weighted by Gasteiger charge is -2.26. The Morgan fingerprint density at radius 1 is 1.18 bits per heavy atom. The minimum absolute atomic E-state index is 0.0412. The molecule has 5 rings (SSSR count). The average Bonchev–Trinajstić information content (AvgIpc) is 3.43. The van der Waals surface area contributed by atoms with Gasteiger partial charge in [-0.1, -0.05) is 0 Å². The zero-order chi connectivity index (χ0) is 23.8. The maximum Gasteiger partial charge on any atom is 0.153 e. The van der Waals surface area contributed by atoms with Crippen LogP contribution in [-0.4, -0.2) is 42.4 Å². The molecule has 1 saturated heterocycles. The number of rotatable bonds is 5. The Labute approximate surface area is 197 Å². The van der Waals surface area contributed by atoms with E-state index in [4.69, 9.17) is 4.98 Å². The van der Waals surface area contributed by atoms with Crippen molar-refractivity contribution in [2.45, 2.75) is 39.3 Å². The van der Waals surface area contributed by atoms with Gasteiger partial charge in [0.05, 0.1) is 34.8 Å². The summed E-state index contributed by atoms with van der Waals surface area (Å²) in [6.07, 6.45) is 1.87. The zero-order valence-corrected chi connectivity index (χ0v) is 19.3. The summed E-state index contributed by atoms with van der Waals surface area (Å²) in [6.45, 7) is 6.34. The largest absolute Gasteiger partial charge is 0.389 e. The highest BCUT2D eigenvalue weighted by Gasteiger charge is 2.32.